The zero-order valence-corrected chi connectivity index (χ0v) is 19.8. The van der Waals surface area contributed by atoms with Gasteiger partial charge < -0.3 is 19.3 Å². The maximum Gasteiger partial charge on any atom is 0.276 e. The Labute approximate surface area is 203 Å². The number of aromatic nitrogens is 3. The number of carbonyl (C=O) groups is 1. The van der Waals surface area contributed by atoms with Crippen molar-refractivity contribution in [3.63, 3.8) is 0 Å². The lowest BCUT2D eigenvalue weighted by Gasteiger charge is -2.46. The molecule has 8 nitrogen and oxygen atoms in total. The first-order valence-corrected chi connectivity index (χ1v) is 11.3. The molecule has 2 aliphatic heterocycles. The molecule has 12 heteroatoms. The van der Waals surface area contributed by atoms with E-state index in [9.17, 15) is 23.5 Å². The minimum absolute atomic E-state index is 0. The zero-order chi connectivity index (χ0) is 23.4. The summed E-state index contributed by atoms with van der Waals surface area (Å²) in [5.74, 6) is -2.48. The molecule has 3 atom stereocenters. The third-order valence-corrected chi connectivity index (χ3v) is 6.90. The van der Waals surface area contributed by atoms with Crippen molar-refractivity contribution in [2.75, 3.05) is 0 Å². The van der Waals surface area contributed by atoms with Crippen LogP contribution in [0.15, 0.2) is 29.2 Å². The summed E-state index contributed by atoms with van der Waals surface area (Å²) in [5.41, 5.74) is -0.490. The van der Waals surface area contributed by atoms with Crippen molar-refractivity contribution in [2.45, 2.75) is 51.6 Å². The van der Waals surface area contributed by atoms with E-state index in [4.69, 9.17) is 4.74 Å². The highest BCUT2D eigenvalue weighted by atomic mass is 35.5. The van der Waals surface area contributed by atoms with Crippen molar-refractivity contribution in [1.82, 2.24) is 19.7 Å². The number of fused-ring (bicyclic) bond motifs is 2. The molecule has 4 heterocycles. The lowest BCUT2D eigenvalue weighted by molar-refractivity contribution is -0.146. The molecule has 5 rings (SSSR count). The smallest absolute Gasteiger partial charge is 0.276 e. The van der Waals surface area contributed by atoms with Gasteiger partial charge in [0.15, 0.2) is 22.7 Å². The second-order valence-corrected chi connectivity index (χ2v) is 9.40. The van der Waals surface area contributed by atoms with Gasteiger partial charge in [0.05, 0.1) is 18.2 Å². The number of nitrogens with zero attached hydrogens (tertiary/aromatic N) is 4. The fourth-order valence-corrected chi connectivity index (χ4v) is 5.32. The highest BCUT2D eigenvalue weighted by Gasteiger charge is 2.42. The molecule has 1 N–H and O–H groups in total. The van der Waals surface area contributed by atoms with Gasteiger partial charge in [-0.2, -0.15) is 0 Å². The predicted octanol–water partition coefficient (Wildman–Crippen LogP) is 3.34. The van der Waals surface area contributed by atoms with Crippen molar-refractivity contribution in [3.05, 3.63) is 62.5 Å². The topological polar surface area (TPSA) is 97.5 Å². The Morgan fingerprint density at radius 2 is 2.00 bits per heavy atom. The van der Waals surface area contributed by atoms with Gasteiger partial charge in [-0.3, -0.25) is 9.59 Å². The molecule has 0 unspecified atom stereocenters. The van der Waals surface area contributed by atoms with Crippen LogP contribution in [0.5, 0.6) is 5.75 Å². The SMILES string of the molecule is C[C@@H]1C[C@@H](C)N2C(=O)c3c(O)c(=O)c(-c4nnc(Cc5ccc(F)cc5F)s4)cn3C[C@@H]2O1.Cl. The van der Waals surface area contributed by atoms with Crippen LogP contribution in [-0.4, -0.2) is 49.1 Å². The third kappa shape index (κ3) is 4.08. The highest BCUT2D eigenvalue weighted by Crippen LogP contribution is 2.33. The maximum atomic E-state index is 14.0. The molecule has 34 heavy (non-hydrogen) atoms. The molecule has 180 valence electrons. The van der Waals surface area contributed by atoms with Gasteiger partial charge in [0, 0.05) is 24.7 Å². The van der Waals surface area contributed by atoms with E-state index in [1.165, 1.54) is 16.8 Å². The number of halogens is 3. The van der Waals surface area contributed by atoms with Gasteiger partial charge in [-0.1, -0.05) is 17.4 Å². The fourth-order valence-electron chi connectivity index (χ4n) is 4.45. The largest absolute Gasteiger partial charge is 0.503 e. The van der Waals surface area contributed by atoms with Crippen LogP contribution in [0.4, 0.5) is 8.78 Å². The molecule has 2 aromatic heterocycles. The summed E-state index contributed by atoms with van der Waals surface area (Å²) in [5, 5.41) is 19.3. The lowest BCUT2D eigenvalue weighted by Crippen LogP contribution is -2.58. The number of hydrogen-bond donors (Lipinski definition) is 1. The van der Waals surface area contributed by atoms with Crippen LogP contribution >= 0.6 is 23.7 Å². The molecule has 0 bridgehead atoms. The van der Waals surface area contributed by atoms with Crippen LogP contribution in [0.1, 0.15) is 41.3 Å². The van der Waals surface area contributed by atoms with Crippen molar-refractivity contribution in [2.24, 2.45) is 0 Å². The Kier molecular flexibility index (Phi) is 6.45. The van der Waals surface area contributed by atoms with Crippen LogP contribution in [-0.2, 0) is 17.7 Å². The zero-order valence-electron chi connectivity index (χ0n) is 18.2. The number of benzene rings is 1. The van der Waals surface area contributed by atoms with Gasteiger partial charge >= 0.3 is 0 Å². The second-order valence-electron chi connectivity index (χ2n) is 8.33. The minimum Gasteiger partial charge on any atom is -0.503 e. The third-order valence-electron chi connectivity index (χ3n) is 5.95. The van der Waals surface area contributed by atoms with Gasteiger partial charge in [0.2, 0.25) is 5.43 Å². The Morgan fingerprint density at radius 1 is 1.24 bits per heavy atom. The Balaban J connectivity index is 0.00000274. The average Bonchev–Trinajstić information content (AvgIpc) is 3.20. The summed E-state index contributed by atoms with van der Waals surface area (Å²) in [6.07, 6.45) is 1.67. The summed E-state index contributed by atoms with van der Waals surface area (Å²) in [6.45, 7) is 4.10. The van der Waals surface area contributed by atoms with Gasteiger partial charge in [0.25, 0.3) is 5.91 Å². The first kappa shape index (κ1) is 24.2. The summed E-state index contributed by atoms with van der Waals surface area (Å²) >= 11 is 1.06. The number of hydrogen-bond acceptors (Lipinski definition) is 7. The minimum atomic E-state index is -0.734. The van der Waals surface area contributed by atoms with Gasteiger partial charge in [0.1, 0.15) is 16.6 Å². The average molecular weight is 511 g/mol. The molecule has 0 aliphatic carbocycles. The van der Waals surface area contributed by atoms with Crippen LogP contribution in [0, 0.1) is 11.6 Å². The molecule has 0 spiro atoms. The summed E-state index contributed by atoms with van der Waals surface area (Å²) in [4.78, 5) is 27.6. The first-order chi connectivity index (χ1) is 15.7. The Bertz CT molecular complexity index is 1330. The van der Waals surface area contributed by atoms with Gasteiger partial charge in [-0.25, -0.2) is 8.78 Å². The normalized spacial score (nSPS) is 21.6. The number of aromatic hydroxyl groups is 1. The van der Waals surface area contributed by atoms with Crippen LogP contribution in [0.2, 0.25) is 0 Å². The van der Waals surface area contributed by atoms with Gasteiger partial charge in [-0.05, 0) is 31.9 Å². The van der Waals surface area contributed by atoms with E-state index in [0.29, 0.717) is 11.4 Å². The molecular weight excluding hydrogens is 490 g/mol. The van der Waals surface area contributed by atoms with Crippen LogP contribution in [0.3, 0.4) is 0 Å². The Hall–Kier alpha value is -2.89. The van der Waals surface area contributed by atoms with E-state index in [1.54, 1.807) is 4.90 Å². The van der Waals surface area contributed by atoms with E-state index < -0.39 is 34.9 Å². The van der Waals surface area contributed by atoms with Crippen LogP contribution < -0.4 is 5.43 Å². The highest BCUT2D eigenvalue weighted by molar-refractivity contribution is 7.14. The molecule has 0 saturated carbocycles. The van der Waals surface area contributed by atoms with Crippen molar-refractivity contribution < 1.29 is 23.4 Å². The molecule has 1 amide bonds. The van der Waals surface area contributed by atoms with E-state index in [1.807, 2.05) is 13.8 Å². The second kappa shape index (κ2) is 9.05. The van der Waals surface area contributed by atoms with Crippen LogP contribution in [0.25, 0.3) is 10.6 Å². The quantitative estimate of drug-likeness (QED) is 0.580. The number of rotatable bonds is 3. The number of ether oxygens (including phenoxy) is 1. The molecule has 1 aromatic carbocycles. The fraction of sp³-hybridized carbons (Fsp3) is 0.364. The Morgan fingerprint density at radius 3 is 2.74 bits per heavy atom. The van der Waals surface area contributed by atoms with E-state index in [0.717, 1.165) is 23.5 Å². The summed E-state index contributed by atoms with van der Waals surface area (Å²) in [7, 11) is 0. The predicted molar refractivity (Wildman–Crippen MR) is 122 cm³/mol. The van der Waals surface area contributed by atoms with E-state index in [-0.39, 0.29) is 59.3 Å². The van der Waals surface area contributed by atoms with E-state index in [2.05, 4.69) is 10.2 Å². The molecule has 1 saturated heterocycles. The first-order valence-electron chi connectivity index (χ1n) is 10.4. The standard InChI is InChI=1S/C22H20F2N4O4S.ClH/c1-10-5-11(2)32-17-9-27-8-14(19(29)20(30)18(27)22(31)28(10)17)21-26-25-16(33-21)6-12-3-4-13(23)7-15(12)24;/h3-4,7-8,10-11,17,30H,5-6,9H2,1-2H3;1H/t10-,11-,17+;/m1./s1. The lowest BCUT2D eigenvalue weighted by atomic mass is 10.0. The monoisotopic (exact) mass is 510 g/mol. The summed E-state index contributed by atoms with van der Waals surface area (Å²) in [6, 6.07) is 3.19. The number of carbonyl (C=O) groups excluding carboxylic acids is 1. The number of pyridine rings is 1. The van der Waals surface area contributed by atoms with Crippen molar-refractivity contribution >= 4 is 29.7 Å². The van der Waals surface area contributed by atoms with E-state index >= 15 is 0 Å². The van der Waals surface area contributed by atoms with Crippen molar-refractivity contribution in [1.29, 1.82) is 0 Å². The molecule has 0 radical (unpaired) electrons. The molecular formula is C22H21ClF2N4O4S. The summed E-state index contributed by atoms with van der Waals surface area (Å²) < 4.78 is 34.6. The van der Waals surface area contributed by atoms with Gasteiger partial charge in [-0.15, -0.1) is 22.6 Å². The maximum absolute atomic E-state index is 14.0. The molecule has 1 fully saturated rings. The molecule has 3 aromatic rings. The number of amides is 1. The van der Waals surface area contributed by atoms with Crippen molar-refractivity contribution in [3.8, 4) is 16.3 Å². The molecule has 2 aliphatic rings.